The van der Waals surface area contributed by atoms with Crippen molar-refractivity contribution in [3.63, 3.8) is 0 Å². The molecule has 16 heavy (non-hydrogen) atoms. The Kier molecular flexibility index (Phi) is 3.74. The molecule has 0 spiro atoms. The van der Waals surface area contributed by atoms with Crippen LogP contribution < -0.4 is 0 Å². The number of hydrogen-bond acceptors (Lipinski definition) is 4. The zero-order chi connectivity index (χ0) is 11.5. The van der Waals surface area contributed by atoms with Crippen molar-refractivity contribution in [2.45, 2.75) is 24.5 Å². The quantitative estimate of drug-likeness (QED) is 0.676. The average Bonchev–Trinajstić information content (AvgIpc) is 2.97. The van der Waals surface area contributed by atoms with Gasteiger partial charge in [-0.2, -0.15) is 0 Å². The minimum atomic E-state index is -0.186. The third-order valence-corrected chi connectivity index (χ3v) is 4.60. The SMILES string of the molecule is COC(=O)C1CCN(C(=O)C2CCCS2)C1. The van der Waals surface area contributed by atoms with Gasteiger partial charge in [-0.25, -0.2) is 0 Å². The molecule has 90 valence electrons. The van der Waals surface area contributed by atoms with E-state index >= 15 is 0 Å². The highest BCUT2D eigenvalue weighted by atomic mass is 32.2. The highest BCUT2D eigenvalue weighted by Gasteiger charge is 2.35. The molecule has 2 aliphatic rings. The van der Waals surface area contributed by atoms with Crippen LogP contribution in [0.15, 0.2) is 0 Å². The van der Waals surface area contributed by atoms with E-state index in [4.69, 9.17) is 4.74 Å². The first-order valence-corrected chi connectivity index (χ1v) is 6.75. The van der Waals surface area contributed by atoms with Gasteiger partial charge in [0.1, 0.15) is 0 Å². The number of ether oxygens (including phenoxy) is 1. The van der Waals surface area contributed by atoms with Gasteiger partial charge in [0.2, 0.25) is 5.91 Å². The van der Waals surface area contributed by atoms with Crippen molar-refractivity contribution in [3.8, 4) is 0 Å². The molecule has 0 aromatic heterocycles. The number of methoxy groups -OCH3 is 1. The van der Waals surface area contributed by atoms with Crippen molar-refractivity contribution in [2.75, 3.05) is 26.0 Å². The van der Waals surface area contributed by atoms with E-state index in [-0.39, 0.29) is 23.0 Å². The summed E-state index contributed by atoms with van der Waals surface area (Å²) >= 11 is 1.75. The topological polar surface area (TPSA) is 46.6 Å². The van der Waals surface area contributed by atoms with Gasteiger partial charge in [-0.05, 0) is 25.0 Å². The lowest BCUT2D eigenvalue weighted by Crippen LogP contribution is -2.35. The van der Waals surface area contributed by atoms with Gasteiger partial charge in [0.05, 0.1) is 18.3 Å². The predicted octanol–water partition coefficient (Wildman–Crippen LogP) is 0.903. The summed E-state index contributed by atoms with van der Waals surface area (Å²) in [5.74, 6) is 1.01. The Hall–Kier alpha value is -0.710. The van der Waals surface area contributed by atoms with Gasteiger partial charge in [-0.1, -0.05) is 0 Å². The summed E-state index contributed by atoms with van der Waals surface area (Å²) in [5, 5.41) is 0.136. The molecule has 4 nitrogen and oxygen atoms in total. The van der Waals surface area contributed by atoms with Crippen LogP contribution in [0, 0.1) is 5.92 Å². The summed E-state index contributed by atoms with van der Waals surface area (Å²) in [4.78, 5) is 25.2. The van der Waals surface area contributed by atoms with E-state index in [0.29, 0.717) is 13.1 Å². The van der Waals surface area contributed by atoms with Crippen LogP contribution in [-0.2, 0) is 14.3 Å². The number of nitrogens with zero attached hydrogens (tertiary/aromatic N) is 1. The maximum atomic E-state index is 12.1. The first-order chi connectivity index (χ1) is 7.72. The van der Waals surface area contributed by atoms with Gasteiger partial charge in [-0.3, -0.25) is 9.59 Å². The van der Waals surface area contributed by atoms with Gasteiger partial charge in [0, 0.05) is 13.1 Å². The molecule has 5 heteroatoms. The van der Waals surface area contributed by atoms with E-state index < -0.39 is 0 Å². The van der Waals surface area contributed by atoms with E-state index in [9.17, 15) is 9.59 Å². The van der Waals surface area contributed by atoms with Crippen molar-refractivity contribution >= 4 is 23.6 Å². The lowest BCUT2D eigenvalue weighted by atomic mass is 10.1. The van der Waals surface area contributed by atoms with Crippen molar-refractivity contribution in [2.24, 2.45) is 5.92 Å². The molecule has 0 aliphatic carbocycles. The fraction of sp³-hybridized carbons (Fsp3) is 0.818. The fourth-order valence-corrected chi connectivity index (χ4v) is 3.54. The summed E-state index contributed by atoms with van der Waals surface area (Å²) in [6, 6.07) is 0. The van der Waals surface area contributed by atoms with Gasteiger partial charge in [0.15, 0.2) is 0 Å². The Morgan fingerprint density at radius 1 is 1.38 bits per heavy atom. The normalized spacial score (nSPS) is 29.4. The monoisotopic (exact) mass is 243 g/mol. The lowest BCUT2D eigenvalue weighted by molar-refractivity contribution is -0.145. The van der Waals surface area contributed by atoms with Crippen LogP contribution in [0.2, 0.25) is 0 Å². The lowest BCUT2D eigenvalue weighted by Gasteiger charge is -2.19. The van der Waals surface area contributed by atoms with Gasteiger partial charge < -0.3 is 9.64 Å². The molecule has 0 saturated carbocycles. The van der Waals surface area contributed by atoms with Crippen LogP contribution in [-0.4, -0.2) is 48.0 Å². The fourth-order valence-electron chi connectivity index (χ4n) is 2.30. The number of thioether (sulfide) groups is 1. The standard InChI is InChI=1S/C11H17NO3S/c1-15-11(14)8-4-5-12(7-8)10(13)9-3-2-6-16-9/h8-9H,2-7H2,1H3. The number of carbonyl (C=O) groups excluding carboxylic acids is 2. The Balaban J connectivity index is 1.87. The molecular formula is C11H17NO3S. The Bertz CT molecular complexity index is 289. The second-order valence-corrected chi connectivity index (χ2v) is 5.61. The average molecular weight is 243 g/mol. The molecule has 2 saturated heterocycles. The van der Waals surface area contributed by atoms with Gasteiger partial charge >= 0.3 is 5.97 Å². The summed E-state index contributed by atoms with van der Waals surface area (Å²) < 4.78 is 4.71. The second kappa shape index (κ2) is 5.08. The van der Waals surface area contributed by atoms with Crippen molar-refractivity contribution in [3.05, 3.63) is 0 Å². The minimum Gasteiger partial charge on any atom is -0.469 e. The molecule has 2 atom stereocenters. The van der Waals surface area contributed by atoms with Gasteiger partial charge in [-0.15, -0.1) is 11.8 Å². The van der Waals surface area contributed by atoms with Crippen LogP contribution in [0.5, 0.6) is 0 Å². The summed E-state index contributed by atoms with van der Waals surface area (Å²) in [5.41, 5.74) is 0. The zero-order valence-electron chi connectivity index (χ0n) is 9.48. The van der Waals surface area contributed by atoms with Crippen LogP contribution >= 0.6 is 11.8 Å². The molecule has 0 N–H and O–H groups in total. The Labute approximate surface area is 99.7 Å². The maximum absolute atomic E-state index is 12.1. The highest BCUT2D eigenvalue weighted by Crippen LogP contribution is 2.29. The van der Waals surface area contributed by atoms with E-state index in [1.54, 1.807) is 11.8 Å². The maximum Gasteiger partial charge on any atom is 0.310 e. The molecule has 2 aliphatic heterocycles. The van der Waals surface area contributed by atoms with E-state index in [1.165, 1.54) is 7.11 Å². The molecule has 2 unspecified atom stereocenters. The third kappa shape index (κ3) is 2.34. The third-order valence-electron chi connectivity index (χ3n) is 3.24. The highest BCUT2D eigenvalue weighted by molar-refractivity contribution is 8.00. The second-order valence-electron chi connectivity index (χ2n) is 4.29. The molecule has 2 rings (SSSR count). The smallest absolute Gasteiger partial charge is 0.310 e. The molecule has 2 heterocycles. The predicted molar refractivity (Wildman–Crippen MR) is 62.2 cm³/mol. The summed E-state index contributed by atoms with van der Waals surface area (Å²) in [7, 11) is 1.40. The largest absolute Gasteiger partial charge is 0.469 e. The van der Waals surface area contributed by atoms with Crippen LogP contribution in [0.1, 0.15) is 19.3 Å². The van der Waals surface area contributed by atoms with Crippen LogP contribution in [0.4, 0.5) is 0 Å². The number of carbonyl (C=O) groups is 2. The van der Waals surface area contributed by atoms with E-state index in [1.807, 2.05) is 4.90 Å². The first-order valence-electron chi connectivity index (χ1n) is 5.70. The Morgan fingerprint density at radius 3 is 2.81 bits per heavy atom. The minimum absolute atomic E-state index is 0.111. The van der Waals surface area contributed by atoms with Crippen LogP contribution in [0.3, 0.4) is 0 Å². The molecule has 0 radical (unpaired) electrons. The molecular weight excluding hydrogens is 226 g/mol. The molecule has 1 amide bonds. The van der Waals surface area contributed by atoms with Gasteiger partial charge in [0.25, 0.3) is 0 Å². The zero-order valence-corrected chi connectivity index (χ0v) is 10.3. The summed E-state index contributed by atoms with van der Waals surface area (Å²) in [6.45, 7) is 1.25. The van der Waals surface area contributed by atoms with Crippen LogP contribution in [0.25, 0.3) is 0 Å². The molecule has 2 fully saturated rings. The Morgan fingerprint density at radius 2 is 2.19 bits per heavy atom. The molecule has 0 aromatic carbocycles. The van der Waals surface area contributed by atoms with E-state index in [0.717, 1.165) is 25.0 Å². The number of rotatable bonds is 2. The first kappa shape index (κ1) is 11.8. The van der Waals surface area contributed by atoms with Crippen molar-refractivity contribution in [1.29, 1.82) is 0 Å². The molecule has 0 bridgehead atoms. The van der Waals surface area contributed by atoms with Crippen molar-refractivity contribution in [1.82, 2.24) is 4.90 Å². The summed E-state index contributed by atoms with van der Waals surface area (Å²) in [6.07, 6.45) is 2.87. The number of amides is 1. The molecule has 0 aromatic rings. The number of esters is 1. The van der Waals surface area contributed by atoms with Crippen molar-refractivity contribution < 1.29 is 14.3 Å². The number of hydrogen-bond donors (Lipinski definition) is 0. The number of likely N-dealkylation sites (tertiary alicyclic amines) is 1. The van der Waals surface area contributed by atoms with E-state index in [2.05, 4.69) is 0 Å².